The molecule has 0 radical (unpaired) electrons. The van der Waals surface area contributed by atoms with Gasteiger partial charge in [-0.3, -0.25) is 9.78 Å². The molecule has 2 aromatic heterocycles. The van der Waals surface area contributed by atoms with Gasteiger partial charge in [0.1, 0.15) is 5.75 Å². The van der Waals surface area contributed by atoms with E-state index < -0.39 is 0 Å². The molecule has 0 saturated heterocycles. The van der Waals surface area contributed by atoms with E-state index in [-0.39, 0.29) is 5.91 Å². The van der Waals surface area contributed by atoms with Crippen LogP contribution < -0.4 is 10.1 Å². The molecule has 0 saturated carbocycles. The minimum Gasteiger partial charge on any atom is -0.496 e. The minimum atomic E-state index is -0.164. The van der Waals surface area contributed by atoms with Gasteiger partial charge in [-0.1, -0.05) is 12.1 Å². The number of aromatic nitrogens is 2. The van der Waals surface area contributed by atoms with Gasteiger partial charge in [0.15, 0.2) is 12.2 Å². The van der Waals surface area contributed by atoms with Crippen molar-refractivity contribution >= 4 is 11.6 Å². The SMILES string of the molecule is COc1ccc(-c2cnco2)cc1-c1ccc(NC(=O)c2ccncc2C)cc1. The summed E-state index contributed by atoms with van der Waals surface area (Å²) in [6.07, 6.45) is 6.36. The van der Waals surface area contributed by atoms with E-state index in [0.717, 1.165) is 28.0 Å². The minimum absolute atomic E-state index is 0.164. The van der Waals surface area contributed by atoms with Gasteiger partial charge in [-0.2, -0.15) is 0 Å². The molecule has 144 valence electrons. The number of ether oxygens (including phenoxy) is 1. The number of rotatable bonds is 5. The van der Waals surface area contributed by atoms with Crippen molar-refractivity contribution in [2.75, 3.05) is 12.4 Å². The van der Waals surface area contributed by atoms with Crippen LogP contribution in [0.15, 0.2) is 77.9 Å². The Morgan fingerprint density at radius 1 is 1.00 bits per heavy atom. The van der Waals surface area contributed by atoms with E-state index in [1.807, 2.05) is 49.4 Å². The van der Waals surface area contributed by atoms with E-state index in [1.165, 1.54) is 6.39 Å². The molecule has 0 spiro atoms. The Morgan fingerprint density at radius 3 is 2.48 bits per heavy atom. The lowest BCUT2D eigenvalue weighted by molar-refractivity contribution is 0.102. The summed E-state index contributed by atoms with van der Waals surface area (Å²) in [6, 6.07) is 15.1. The normalized spacial score (nSPS) is 10.6. The maximum Gasteiger partial charge on any atom is 0.256 e. The molecule has 0 aliphatic rings. The zero-order chi connectivity index (χ0) is 20.2. The molecule has 0 unspecified atom stereocenters. The van der Waals surface area contributed by atoms with Crippen LogP contribution in [0.1, 0.15) is 15.9 Å². The van der Waals surface area contributed by atoms with E-state index in [1.54, 1.807) is 31.8 Å². The maximum atomic E-state index is 12.5. The largest absolute Gasteiger partial charge is 0.496 e. The number of aryl methyl sites for hydroxylation is 1. The number of oxazole rings is 1. The molecule has 0 fully saturated rings. The second kappa shape index (κ2) is 7.98. The Labute approximate surface area is 168 Å². The van der Waals surface area contributed by atoms with E-state index >= 15 is 0 Å². The molecule has 4 aromatic rings. The molecule has 29 heavy (non-hydrogen) atoms. The van der Waals surface area contributed by atoms with Crippen LogP contribution in [0, 0.1) is 6.92 Å². The highest BCUT2D eigenvalue weighted by molar-refractivity contribution is 6.05. The Balaban J connectivity index is 1.60. The van der Waals surface area contributed by atoms with E-state index in [9.17, 15) is 4.79 Å². The number of carbonyl (C=O) groups is 1. The Hall–Kier alpha value is -3.93. The summed E-state index contributed by atoms with van der Waals surface area (Å²) in [4.78, 5) is 20.5. The third-order valence-corrected chi connectivity index (χ3v) is 4.64. The molecule has 0 atom stereocenters. The van der Waals surface area contributed by atoms with Gasteiger partial charge in [-0.25, -0.2) is 4.98 Å². The third kappa shape index (κ3) is 3.87. The number of methoxy groups -OCH3 is 1. The van der Waals surface area contributed by atoms with Crippen molar-refractivity contribution in [1.29, 1.82) is 0 Å². The van der Waals surface area contributed by atoms with Crippen LogP contribution in [0.2, 0.25) is 0 Å². The van der Waals surface area contributed by atoms with Crippen molar-refractivity contribution < 1.29 is 13.9 Å². The van der Waals surface area contributed by atoms with Gasteiger partial charge in [-0.05, 0) is 54.4 Å². The number of hydrogen-bond donors (Lipinski definition) is 1. The van der Waals surface area contributed by atoms with Crippen LogP contribution in [-0.2, 0) is 0 Å². The van der Waals surface area contributed by atoms with Crippen LogP contribution in [-0.4, -0.2) is 23.0 Å². The molecule has 0 aliphatic carbocycles. The van der Waals surface area contributed by atoms with Crippen molar-refractivity contribution in [2.45, 2.75) is 6.92 Å². The average Bonchev–Trinajstić information content (AvgIpc) is 3.29. The van der Waals surface area contributed by atoms with Gasteiger partial charge in [0.25, 0.3) is 5.91 Å². The number of nitrogens with one attached hydrogen (secondary N) is 1. The van der Waals surface area contributed by atoms with E-state index in [0.29, 0.717) is 17.0 Å². The first-order valence-corrected chi connectivity index (χ1v) is 9.05. The quantitative estimate of drug-likeness (QED) is 0.525. The standard InChI is InChI=1S/C23H19N3O3/c1-15-12-24-10-9-19(15)23(27)26-18-6-3-16(4-7-18)20-11-17(5-8-21(20)28-2)22-13-25-14-29-22/h3-14H,1-2H3,(H,26,27). The summed E-state index contributed by atoms with van der Waals surface area (Å²) >= 11 is 0. The third-order valence-electron chi connectivity index (χ3n) is 4.64. The van der Waals surface area contributed by atoms with Crippen molar-refractivity contribution in [1.82, 2.24) is 9.97 Å². The molecule has 0 bridgehead atoms. The van der Waals surface area contributed by atoms with Gasteiger partial charge in [-0.15, -0.1) is 0 Å². The summed E-state index contributed by atoms with van der Waals surface area (Å²) < 4.78 is 10.9. The molecule has 6 heteroatoms. The summed E-state index contributed by atoms with van der Waals surface area (Å²) in [5.74, 6) is 1.27. The topological polar surface area (TPSA) is 77.3 Å². The molecule has 4 rings (SSSR count). The van der Waals surface area contributed by atoms with Crippen molar-refractivity contribution in [3.05, 3.63) is 84.6 Å². The highest BCUT2D eigenvalue weighted by Gasteiger charge is 2.12. The van der Waals surface area contributed by atoms with Gasteiger partial charge < -0.3 is 14.5 Å². The summed E-state index contributed by atoms with van der Waals surface area (Å²) in [6.45, 7) is 1.86. The Kier molecular flexibility index (Phi) is 5.07. The predicted molar refractivity (Wildman–Crippen MR) is 111 cm³/mol. The number of carbonyl (C=O) groups excluding carboxylic acids is 1. The van der Waals surface area contributed by atoms with Crippen molar-refractivity contribution in [2.24, 2.45) is 0 Å². The van der Waals surface area contributed by atoms with Crippen LogP contribution in [0.4, 0.5) is 5.69 Å². The fourth-order valence-corrected chi connectivity index (χ4v) is 3.10. The number of nitrogens with zero attached hydrogens (tertiary/aromatic N) is 2. The van der Waals surface area contributed by atoms with Gasteiger partial charge in [0.2, 0.25) is 0 Å². The highest BCUT2D eigenvalue weighted by Crippen LogP contribution is 2.34. The molecular formula is C23H19N3O3. The van der Waals surface area contributed by atoms with E-state index in [2.05, 4.69) is 15.3 Å². The summed E-state index contributed by atoms with van der Waals surface area (Å²) in [5, 5.41) is 2.92. The van der Waals surface area contributed by atoms with Crippen LogP contribution >= 0.6 is 0 Å². The number of pyridine rings is 1. The van der Waals surface area contributed by atoms with Crippen LogP contribution in [0.5, 0.6) is 5.75 Å². The van der Waals surface area contributed by atoms with Crippen LogP contribution in [0.25, 0.3) is 22.5 Å². The lowest BCUT2D eigenvalue weighted by atomic mass is 10.0. The van der Waals surface area contributed by atoms with Gasteiger partial charge >= 0.3 is 0 Å². The number of hydrogen-bond acceptors (Lipinski definition) is 5. The zero-order valence-electron chi connectivity index (χ0n) is 16.0. The average molecular weight is 385 g/mol. The maximum absolute atomic E-state index is 12.5. The smallest absolute Gasteiger partial charge is 0.256 e. The second-order valence-corrected chi connectivity index (χ2v) is 6.50. The van der Waals surface area contributed by atoms with E-state index in [4.69, 9.17) is 9.15 Å². The lowest BCUT2D eigenvalue weighted by Crippen LogP contribution is -2.13. The Morgan fingerprint density at radius 2 is 1.79 bits per heavy atom. The molecule has 6 nitrogen and oxygen atoms in total. The first-order chi connectivity index (χ1) is 14.2. The second-order valence-electron chi connectivity index (χ2n) is 6.50. The molecule has 0 aliphatic heterocycles. The number of anilines is 1. The first kappa shape index (κ1) is 18.4. The number of benzene rings is 2. The summed E-state index contributed by atoms with van der Waals surface area (Å²) in [5.41, 5.74) is 4.93. The molecular weight excluding hydrogens is 366 g/mol. The molecule has 2 heterocycles. The predicted octanol–water partition coefficient (Wildman–Crippen LogP) is 4.97. The van der Waals surface area contributed by atoms with Crippen molar-refractivity contribution in [3.63, 3.8) is 0 Å². The fourth-order valence-electron chi connectivity index (χ4n) is 3.10. The van der Waals surface area contributed by atoms with Crippen molar-refractivity contribution in [3.8, 4) is 28.2 Å². The van der Waals surface area contributed by atoms with Gasteiger partial charge in [0, 0.05) is 34.8 Å². The first-order valence-electron chi connectivity index (χ1n) is 9.05. The lowest BCUT2D eigenvalue weighted by Gasteiger charge is -2.12. The fraction of sp³-hybridized carbons (Fsp3) is 0.0870. The van der Waals surface area contributed by atoms with Gasteiger partial charge in [0.05, 0.1) is 13.3 Å². The Bertz CT molecular complexity index is 1140. The highest BCUT2D eigenvalue weighted by atomic mass is 16.5. The zero-order valence-corrected chi connectivity index (χ0v) is 16.0. The molecule has 1 amide bonds. The summed E-state index contributed by atoms with van der Waals surface area (Å²) in [7, 11) is 1.64. The molecule has 1 N–H and O–H groups in total. The molecule has 2 aromatic carbocycles. The van der Waals surface area contributed by atoms with Crippen LogP contribution in [0.3, 0.4) is 0 Å². The monoisotopic (exact) mass is 385 g/mol. The number of amides is 1.